The Kier molecular flexibility index (Phi) is 4.19. The van der Waals surface area contributed by atoms with E-state index in [0.29, 0.717) is 12.0 Å². The molecule has 0 aliphatic carbocycles. The number of fused-ring (bicyclic) bond motifs is 1. The van der Waals surface area contributed by atoms with Crippen molar-refractivity contribution in [1.29, 1.82) is 0 Å². The van der Waals surface area contributed by atoms with E-state index in [1.54, 1.807) is 24.3 Å². The molecule has 0 saturated carbocycles. The highest BCUT2D eigenvalue weighted by molar-refractivity contribution is 5.98. The normalized spacial score (nSPS) is 19.7. The molecule has 138 valence electrons. The fourth-order valence-electron chi connectivity index (χ4n) is 3.43. The molecule has 2 aromatic carbocycles. The van der Waals surface area contributed by atoms with Crippen molar-refractivity contribution in [1.82, 2.24) is 15.6 Å². The van der Waals surface area contributed by atoms with E-state index in [4.69, 9.17) is 0 Å². The van der Waals surface area contributed by atoms with Crippen molar-refractivity contribution in [3.63, 3.8) is 0 Å². The highest BCUT2D eigenvalue weighted by atomic mass is 16.3. The molecule has 1 saturated heterocycles. The first-order valence-corrected chi connectivity index (χ1v) is 8.68. The zero-order chi connectivity index (χ0) is 19.0. The second-order valence-corrected chi connectivity index (χ2v) is 6.69. The Hall–Kier alpha value is -3.48. The maximum Gasteiger partial charge on any atom is 0.243 e. The lowest BCUT2D eigenvalue weighted by molar-refractivity contribution is -0.136. The molecule has 0 spiro atoms. The van der Waals surface area contributed by atoms with Crippen LogP contribution in [-0.4, -0.2) is 39.1 Å². The topological polar surface area (TPSA) is 114 Å². The molecule has 7 heteroatoms. The van der Waals surface area contributed by atoms with Crippen LogP contribution in [0.3, 0.4) is 0 Å². The average Bonchev–Trinajstić information content (AvgIpc) is 2.96. The van der Waals surface area contributed by atoms with Gasteiger partial charge in [0.1, 0.15) is 17.8 Å². The number of carbonyl (C=O) groups is 2. The maximum absolute atomic E-state index is 12.5. The first kappa shape index (κ1) is 17.0. The van der Waals surface area contributed by atoms with Crippen molar-refractivity contribution in [2.24, 2.45) is 0 Å². The van der Waals surface area contributed by atoms with Gasteiger partial charge in [0.25, 0.3) is 0 Å². The molecule has 0 radical (unpaired) electrons. The highest BCUT2D eigenvalue weighted by Gasteiger charge is 2.34. The Bertz CT molecular complexity index is 1010. The molecule has 2 heterocycles. The third-order valence-electron chi connectivity index (χ3n) is 4.84. The molecule has 1 aromatic heterocycles. The fourth-order valence-corrected chi connectivity index (χ4v) is 3.43. The lowest BCUT2D eigenvalue weighted by Crippen LogP contribution is -2.62. The average molecular weight is 365 g/mol. The monoisotopic (exact) mass is 365 g/mol. The van der Waals surface area contributed by atoms with Crippen LogP contribution in [0.15, 0.2) is 48.5 Å². The van der Waals surface area contributed by atoms with Crippen molar-refractivity contribution in [3.8, 4) is 11.6 Å². The smallest absolute Gasteiger partial charge is 0.243 e. The number of carbonyl (C=O) groups excluding carboxylic acids is 2. The number of phenolic OH excluding ortho intramolecular Hbond substituents is 1. The molecule has 2 unspecified atom stereocenters. The van der Waals surface area contributed by atoms with Crippen molar-refractivity contribution in [2.75, 3.05) is 0 Å². The van der Waals surface area contributed by atoms with Gasteiger partial charge in [-0.25, -0.2) is 0 Å². The van der Waals surface area contributed by atoms with Crippen LogP contribution in [0.2, 0.25) is 0 Å². The molecular weight excluding hydrogens is 346 g/mol. The van der Waals surface area contributed by atoms with E-state index >= 15 is 0 Å². The van der Waals surface area contributed by atoms with E-state index in [0.717, 1.165) is 16.5 Å². The predicted octanol–water partition coefficient (Wildman–Crippen LogP) is 1.35. The van der Waals surface area contributed by atoms with E-state index in [2.05, 4.69) is 15.6 Å². The quantitative estimate of drug-likeness (QED) is 0.480. The largest absolute Gasteiger partial charge is 0.508 e. The fraction of sp³-hybridized carbons (Fsp3) is 0.200. The van der Waals surface area contributed by atoms with Crippen LogP contribution in [0.1, 0.15) is 11.1 Å². The number of phenols is 1. The van der Waals surface area contributed by atoms with Crippen LogP contribution in [0, 0.1) is 0 Å². The summed E-state index contributed by atoms with van der Waals surface area (Å²) >= 11 is 0. The molecule has 4 rings (SSSR count). The van der Waals surface area contributed by atoms with Crippen LogP contribution in [-0.2, 0) is 22.4 Å². The third kappa shape index (κ3) is 3.31. The number of aromatic hydroxyl groups is 2. The number of para-hydroxylation sites is 1. The summed E-state index contributed by atoms with van der Waals surface area (Å²) in [5.41, 5.74) is 2.21. The Balaban J connectivity index is 1.49. The Morgan fingerprint density at radius 3 is 2.15 bits per heavy atom. The summed E-state index contributed by atoms with van der Waals surface area (Å²) in [5, 5.41) is 25.8. The predicted molar refractivity (Wildman–Crippen MR) is 99.3 cm³/mol. The third-order valence-corrected chi connectivity index (χ3v) is 4.84. The Morgan fingerprint density at radius 1 is 0.815 bits per heavy atom. The summed E-state index contributed by atoms with van der Waals surface area (Å²) in [7, 11) is 0. The SMILES string of the molecule is O=C1NC(Cc2c(O)[nH]c3ccccc23)C(=O)NC1Cc1ccc(O)cc1. The van der Waals surface area contributed by atoms with Gasteiger partial charge in [0.15, 0.2) is 5.88 Å². The van der Waals surface area contributed by atoms with Crippen molar-refractivity contribution in [2.45, 2.75) is 24.9 Å². The Labute approximate surface area is 155 Å². The van der Waals surface area contributed by atoms with Gasteiger partial charge < -0.3 is 25.8 Å². The van der Waals surface area contributed by atoms with Crippen LogP contribution in [0.25, 0.3) is 10.9 Å². The Morgan fingerprint density at radius 2 is 1.44 bits per heavy atom. The summed E-state index contributed by atoms with van der Waals surface area (Å²) in [6.07, 6.45) is 0.530. The van der Waals surface area contributed by atoms with E-state index in [1.807, 2.05) is 24.3 Å². The van der Waals surface area contributed by atoms with Crippen LogP contribution in [0.5, 0.6) is 11.6 Å². The van der Waals surface area contributed by atoms with Gasteiger partial charge in [-0.15, -0.1) is 0 Å². The summed E-state index contributed by atoms with van der Waals surface area (Å²) in [4.78, 5) is 27.8. The van der Waals surface area contributed by atoms with Crippen LogP contribution in [0.4, 0.5) is 0 Å². The van der Waals surface area contributed by atoms with Gasteiger partial charge in [-0.3, -0.25) is 9.59 Å². The van der Waals surface area contributed by atoms with Crippen molar-refractivity contribution in [3.05, 3.63) is 59.7 Å². The lowest BCUT2D eigenvalue weighted by Gasteiger charge is -2.29. The molecule has 0 bridgehead atoms. The van der Waals surface area contributed by atoms with Crippen LogP contribution >= 0.6 is 0 Å². The molecule has 1 aliphatic rings. The van der Waals surface area contributed by atoms with Gasteiger partial charge >= 0.3 is 0 Å². The van der Waals surface area contributed by atoms with Gasteiger partial charge in [0.05, 0.1) is 0 Å². The summed E-state index contributed by atoms with van der Waals surface area (Å²) in [6.45, 7) is 0. The number of nitrogens with one attached hydrogen (secondary N) is 3. The summed E-state index contributed by atoms with van der Waals surface area (Å²) < 4.78 is 0. The van der Waals surface area contributed by atoms with Gasteiger partial charge in [0.2, 0.25) is 11.8 Å². The van der Waals surface area contributed by atoms with Crippen LogP contribution < -0.4 is 10.6 Å². The minimum absolute atomic E-state index is 0.00413. The number of hydrogen-bond acceptors (Lipinski definition) is 4. The molecular formula is C20H19N3O4. The number of aromatic amines is 1. The molecule has 2 atom stereocenters. The number of H-pyrrole nitrogens is 1. The first-order valence-electron chi connectivity index (χ1n) is 8.68. The van der Waals surface area contributed by atoms with Gasteiger partial charge in [-0.2, -0.15) is 0 Å². The first-order chi connectivity index (χ1) is 13.0. The highest BCUT2D eigenvalue weighted by Crippen LogP contribution is 2.28. The van der Waals surface area contributed by atoms with E-state index in [-0.39, 0.29) is 29.9 Å². The number of rotatable bonds is 4. The van der Waals surface area contributed by atoms with Gasteiger partial charge in [-0.05, 0) is 23.8 Å². The van der Waals surface area contributed by atoms with E-state index < -0.39 is 12.1 Å². The zero-order valence-corrected chi connectivity index (χ0v) is 14.4. The molecule has 1 aliphatic heterocycles. The minimum Gasteiger partial charge on any atom is -0.508 e. The molecule has 5 N–H and O–H groups in total. The molecule has 27 heavy (non-hydrogen) atoms. The van der Waals surface area contributed by atoms with Crippen molar-refractivity contribution >= 4 is 22.7 Å². The lowest BCUT2D eigenvalue weighted by atomic mass is 9.98. The maximum atomic E-state index is 12.5. The summed E-state index contributed by atoms with van der Waals surface area (Å²) in [6, 6.07) is 12.5. The minimum atomic E-state index is -0.751. The van der Waals surface area contributed by atoms with E-state index in [1.165, 1.54) is 0 Å². The second kappa shape index (κ2) is 6.68. The van der Waals surface area contributed by atoms with Crippen molar-refractivity contribution < 1.29 is 19.8 Å². The number of hydrogen-bond donors (Lipinski definition) is 5. The number of benzene rings is 2. The zero-order valence-electron chi connectivity index (χ0n) is 14.4. The molecule has 3 aromatic rings. The second-order valence-electron chi connectivity index (χ2n) is 6.69. The number of aromatic nitrogens is 1. The molecule has 1 fully saturated rings. The van der Waals surface area contributed by atoms with Gasteiger partial charge in [-0.1, -0.05) is 30.3 Å². The summed E-state index contributed by atoms with van der Waals surface area (Å²) in [5.74, 6) is -0.408. The van der Waals surface area contributed by atoms with E-state index in [9.17, 15) is 19.8 Å². The van der Waals surface area contributed by atoms with Gasteiger partial charge in [0, 0.05) is 29.3 Å². The standard InChI is InChI=1S/C20H19N3O4/c24-12-7-5-11(6-8-12)9-16-19(26)23-17(20(27)22-16)10-14-13-3-1-2-4-15(13)21-18(14)25/h1-8,16-17,21,24-25H,9-10H2,(H,22,27)(H,23,26). The number of piperazine rings is 1. The molecule has 2 amide bonds. The molecule has 7 nitrogen and oxygen atoms in total. The number of amides is 2.